The molecule has 3 N–H and O–H groups in total. The van der Waals surface area contributed by atoms with Gasteiger partial charge in [0.05, 0.1) is 22.8 Å². The van der Waals surface area contributed by atoms with Gasteiger partial charge >= 0.3 is 6.16 Å². The number of unbranched alkanes of at least 4 members (excludes halogenated alkanes) is 1. The number of benzene rings is 1. The molecule has 1 aliphatic heterocycles. The minimum absolute atomic E-state index is 0.225. The number of thiazole rings is 1. The molecule has 2 aromatic heterocycles. The predicted octanol–water partition coefficient (Wildman–Crippen LogP) is 4.12. The van der Waals surface area contributed by atoms with Crippen molar-refractivity contribution in [1.29, 1.82) is 0 Å². The summed E-state index contributed by atoms with van der Waals surface area (Å²) < 4.78 is 21.3. The van der Waals surface area contributed by atoms with E-state index in [0.29, 0.717) is 23.4 Å². The minimum Gasteiger partial charge on any atom is -0.463 e. The molecule has 9 nitrogen and oxygen atoms in total. The molecule has 3 aromatic rings. The van der Waals surface area contributed by atoms with Crippen LogP contribution in [0.3, 0.4) is 0 Å². The number of rotatable bonds is 9. The van der Waals surface area contributed by atoms with Crippen molar-refractivity contribution in [2.24, 2.45) is 0 Å². The van der Waals surface area contributed by atoms with Gasteiger partial charge in [0.1, 0.15) is 42.9 Å². The lowest BCUT2D eigenvalue weighted by molar-refractivity contribution is -0.232. The van der Waals surface area contributed by atoms with Gasteiger partial charge in [0.2, 0.25) is 0 Å². The lowest BCUT2D eigenvalue weighted by Crippen LogP contribution is -2.55. The molecule has 0 spiro atoms. The third-order valence-corrected chi connectivity index (χ3v) is 7.23. The maximum absolute atomic E-state index is 11.8. The van der Waals surface area contributed by atoms with Gasteiger partial charge in [-0.1, -0.05) is 37.1 Å². The molecular weight excluding hydrogens is 510 g/mol. The smallest absolute Gasteiger partial charge is 0.463 e. The monoisotopic (exact) mass is 537 g/mol. The first-order valence-corrected chi connectivity index (χ1v) is 12.8. The van der Waals surface area contributed by atoms with Crippen LogP contribution in [0.1, 0.15) is 42.0 Å². The summed E-state index contributed by atoms with van der Waals surface area (Å²) in [5.41, 5.74) is 1.30. The van der Waals surface area contributed by atoms with Crippen LogP contribution in [0.4, 0.5) is 4.79 Å². The largest absolute Gasteiger partial charge is 0.508 e. The Labute approximate surface area is 217 Å². The van der Waals surface area contributed by atoms with Gasteiger partial charge in [-0.15, -0.1) is 11.3 Å². The summed E-state index contributed by atoms with van der Waals surface area (Å²) in [6.45, 7) is 1.84. The lowest BCUT2D eigenvalue weighted by Gasteiger charge is -2.40. The average molecular weight is 538 g/mol. The first-order chi connectivity index (χ1) is 17.4. The molecule has 1 fully saturated rings. The Morgan fingerprint density at radius 1 is 1.17 bits per heavy atom. The molecule has 5 atom stereocenters. The van der Waals surface area contributed by atoms with Gasteiger partial charge < -0.3 is 33.9 Å². The van der Waals surface area contributed by atoms with E-state index in [2.05, 4.69) is 4.98 Å². The van der Waals surface area contributed by atoms with E-state index < -0.39 is 36.7 Å². The fraction of sp³-hybridized carbons (Fsp3) is 0.440. The van der Waals surface area contributed by atoms with E-state index in [1.807, 2.05) is 19.1 Å². The highest BCUT2D eigenvalue weighted by atomic mass is 35.5. The molecule has 194 valence electrons. The molecule has 11 heteroatoms. The summed E-state index contributed by atoms with van der Waals surface area (Å²) in [6.07, 6.45) is -1.99. The Morgan fingerprint density at radius 3 is 2.75 bits per heavy atom. The number of ether oxygens (including phenoxy) is 3. The number of furan rings is 1. The van der Waals surface area contributed by atoms with Gasteiger partial charge in [-0.05, 0) is 35.7 Å². The first kappa shape index (κ1) is 26.6. The highest BCUT2D eigenvalue weighted by Gasteiger charge is 2.44. The van der Waals surface area contributed by atoms with E-state index in [4.69, 9.17) is 30.2 Å². The molecule has 1 saturated heterocycles. The van der Waals surface area contributed by atoms with Crippen molar-refractivity contribution in [3.8, 4) is 10.6 Å². The van der Waals surface area contributed by atoms with Gasteiger partial charge in [0.15, 0.2) is 0 Å². The fourth-order valence-corrected chi connectivity index (χ4v) is 4.94. The van der Waals surface area contributed by atoms with Crippen molar-refractivity contribution < 1.29 is 38.7 Å². The zero-order valence-corrected chi connectivity index (χ0v) is 21.2. The van der Waals surface area contributed by atoms with Crippen LogP contribution < -0.4 is 0 Å². The second-order valence-electron chi connectivity index (χ2n) is 8.45. The minimum atomic E-state index is -1.51. The SMILES string of the molecule is CCCCOC(=O)OC[C@H]1O[C@@H](c2ccc(Cl)c(Cc3ncc(-c4ccco4)s3)c2)[C@H](O)[C@@H](O)[C@@H]1O. The molecule has 3 heterocycles. The highest BCUT2D eigenvalue weighted by Crippen LogP contribution is 2.35. The van der Waals surface area contributed by atoms with E-state index in [1.165, 1.54) is 11.3 Å². The standard InChI is InChI=1S/C25H28ClNO8S/c1-2-3-8-33-25(31)34-13-18-21(28)22(29)23(30)24(35-18)14-6-7-16(26)15(10-14)11-20-27-12-19(36-20)17-5-4-9-32-17/h4-7,9-10,12,18,21-24,28-30H,2-3,8,11,13H2,1H3/t18-,21-,22+,23-,24+/m1/s1. The number of aromatic nitrogens is 1. The van der Waals surface area contributed by atoms with Gasteiger partial charge in [0, 0.05) is 17.6 Å². The summed E-state index contributed by atoms with van der Waals surface area (Å²) in [4.78, 5) is 17.1. The number of hydrogen-bond acceptors (Lipinski definition) is 10. The van der Waals surface area contributed by atoms with Gasteiger partial charge in [0.25, 0.3) is 0 Å². The number of hydrogen-bond donors (Lipinski definition) is 3. The van der Waals surface area contributed by atoms with Crippen molar-refractivity contribution in [2.75, 3.05) is 13.2 Å². The van der Waals surface area contributed by atoms with Crippen molar-refractivity contribution in [2.45, 2.75) is 56.7 Å². The van der Waals surface area contributed by atoms with Crippen LogP contribution in [-0.4, -0.2) is 64.1 Å². The van der Waals surface area contributed by atoms with Crippen molar-refractivity contribution in [1.82, 2.24) is 4.98 Å². The van der Waals surface area contributed by atoms with Crippen LogP contribution in [0.25, 0.3) is 10.6 Å². The van der Waals surface area contributed by atoms with Crippen LogP contribution in [0.5, 0.6) is 0 Å². The molecule has 0 radical (unpaired) electrons. The second-order valence-corrected chi connectivity index (χ2v) is 9.98. The average Bonchev–Trinajstić information content (AvgIpc) is 3.56. The van der Waals surface area contributed by atoms with Crippen LogP contribution in [0.2, 0.25) is 5.02 Å². The maximum Gasteiger partial charge on any atom is 0.508 e. The molecule has 1 aliphatic rings. The molecular formula is C25H28ClNO8S. The van der Waals surface area contributed by atoms with E-state index in [1.54, 1.807) is 30.7 Å². The van der Waals surface area contributed by atoms with E-state index in [0.717, 1.165) is 27.6 Å². The van der Waals surface area contributed by atoms with Crippen LogP contribution in [0, 0.1) is 0 Å². The molecule has 36 heavy (non-hydrogen) atoms. The predicted molar refractivity (Wildman–Crippen MR) is 132 cm³/mol. The Morgan fingerprint density at radius 2 is 2.00 bits per heavy atom. The quantitative estimate of drug-likeness (QED) is 0.272. The Balaban J connectivity index is 1.46. The summed E-state index contributed by atoms with van der Waals surface area (Å²) >= 11 is 7.92. The number of nitrogens with zero attached hydrogens (tertiary/aromatic N) is 1. The normalized spacial score (nSPS) is 24.0. The Kier molecular flexibility index (Phi) is 9.00. The zero-order chi connectivity index (χ0) is 25.7. The van der Waals surface area contributed by atoms with E-state index in [9.17, 15) is 20.1 Å². The topological polar surface area (TPSA) is 131 Å². The van der Waals surface area contributed by atoms with Gasteiger partial charge in [-0.25, -0.2) is 9.78 Å². The number of aliphatic hydroxyl groups excluding tert-OH is 3. The van der Waals surface area contributed by atoms with Crippen molar-refractivity contribution in [3.05, 3.63) is 63.9 Å². The molecule has 4 rings (SSSR count). The number of carbonyl (C=O) groups is 1. The Hall–Kier alpha value is -2.47. The third-order valence-electron chi connectivity index (χ3n) is 5.85. The van der Waals surface area contributed by atoms with Crippen molar-refractivity contribution in [3.63, 3.8) is 0 Å². The fourth-order valence-electron chi connectivity index (χ4n) is 3.85. The molecule has 0 unspecified atom stereocenters. The third kappa shape index (κ3) is 6.26. The number of aliphatic hydroxyl groups is 3. The molecule has 0 aliphatic carbocycles. The molecule has 0 saturated carbocycles. The van der Waals surface area contributed by atoms with Crippen LogP contribution in [-0.2, 0) is 20.6 Å². The number of halogens is 1. The zero-order valence-electron chi connectivity index (χ0n) is 19.6. The van der Waals surface area contributed by atoms with Gasteiger partial charge in [-0.3, -0.25) is 0 Å². The number of carbonyl (C=O) groups excluding carboxylic acids is 1. The van der Waals surface area contributed by atoms with E-state index in [-0.39, 0.29) is 13.2 Å². The van der Waals surface area contributed by atoms with E-state index >= 15 is 0 Å². The second kappa shape index (κ2) is 12.2. The molecule has 0 amide bonds. The molecule has 0 bridgehead atoms. The summed E-state index contributed by atoms with van der Waals surface area (Å²) in [5.74, 6) is 0.729. The first-order valence-electron chi connectivity index (χ1n) is 11.6. The summed E-state index contributed by atoms with van der Waals surface area (Å²) in [7, 11) is 0. The van der Waals surface area contributed by atoms with Gasteiger partial charge in [-0.2, -0.15) is 0 Å². The maximum atomic E-state index is 11.8. The summed E-state index contributed by atoms with van der Waals surface area (Å²) in [6, 6.07) is 8.79. The Bertz CT molecular complexity index is 1140. The van der Waals surface area contributed by atoms with Crippen LogP contribution >= 0.6 is 22.9 Å². The molecule has 1 aromatic carbocycles. The van der Waals surface area contributed by atoms with Crippen LogP contribution in [0.15, 0.2) is 47.2 Å². The highest BCUT2D eigenvalue weighted by molar-refractivity contribution is 7.15. The van der Waals surface area contributed by atoms with Crippen molar-refractivity contribution >= 4 is 29.1 Å². The summed E-state index contributed by atoms with van der Waals surface area (Å²) in [5, 5.41) is 32.8. The lowest BCUT2D eigenvalue weighted by atomic mass is 9.90.